The molecule has 0 radical (unpaired) electrons. The number of nitrogens with zero attached hydrogens (tertiary/aromatic N) is 1. The lowest BCUT2D eigenvalue weighted by atomic mass is 10.1. The van der Waals surface area contributed by atoms with Crippen LogP contribution in [0, 0.1) is 0 Å². The third-order valence-corrected chi connectivity index (χ3v) is 7.29. The Morgan fingerprint density at radius 2 is 1.62 bits per heavy atom. The number of hydrogen-bond acceptors (Lipinski definition) is 4. The van der Waals surface area contributed by atoms with Gasteiger partial charge < -0.3 is 10.1 Å². The number of rotatable bonds is 9. The number of amides is 1. The molecule has 0 saturated carbocycles. The average molecular weight is 517 g/mol. The lowest BCUT2D eigenvalue weighted by molar-refractivity contribution is -0.122. The number of benzene rings is 3. The summed E-state index contributed by atoms with van der Waals surface area (Å²) in [6, 6.07) is 22.5. The largest absolute Gasteiger partial charge is 0.496 e. The summed E-state index contributed by atoms with van der Waals surface area (Å²) in [5, 5.41) is 2.89. The number of halogens is 1. The zero-order valence-corrected chi connectivity index (χ0v) is 20.3. The number of hydrogen-bond donors (Lipinski definition) is 1. The summed E-state index contributed by atoms with van der Waals surface area (Å²) in [4.78, 5) is 13.0. The minimum atomic E-state index is -3.88. The monoisotopic (exact) mass is 516 g/mol. The molecule has 0 spiro atoms. The van der Waals surface area contributed by atoms with Crippen LogP contribution in [0.1, 0.15) is 24.1 Å². The van der Waals surface area contributed by atoms with Gasteiger partial charge in [0.05, 0.1) is 24.6 Å². The smallest absolute Gasteiger partial charge is 0.243 e. The first-order valence-corrected chi connectivity index (χ1v) is 12.3. The van der Waals surface area contributed by atoms with Gasteiger partial charge in [-0.15, -0.1) is 0 Å². The lowest BCUT2D eigenvalue weighted by Crippen LogP contribution is -2.41. The number of para-hydroxylation sites is 1. The number of carbonyl (C=O) groups excluding carboxylic acids is 1. The molecule has 0 saturated heterocycles. The summed E-state index contributed by atoms with van der Waals surface area (Å²) in [5.41, 5.74) is 1.59. The molecule has 3 rings (SSSR count). The SMILES string of the molecule is COc1ccccc1[C@@H](C)NC(=O)CN(Cc1ccc(Br)cc1)S(=O)(=O)c1ccccc1. The van der Waals surface area contributed by atoms with Crippen molar-refractivity contribution < 1.29 is 17.9 Å². The third-order valence-electron chi connectivity index (χ3n) is 4.96. The van der Waals surface area contributed by atoms with Crippen molar-refractivity contribution in [1.29, 1.82) is 0 Å². The molecule has 6 nitrogen and oxygen atoms in total. The Labute approximate surface area is 197 Å². The molecule has 0 bridgehead atoms. The van der Waals surface area contributed by atoms with E-state index in [4.69, 9.17) is 4.74 Å². The highest BCUT2D eigenvalue weighted by Crippen LogP contribution is 2.25. The van der Waals surface area contributed by atoms with Crippen molar-refractivity contribution in [2.75, 3.05) is 13.7 Å². The van der Waals surface area contributed by atoms with Crippen LogP contribution in [-0.2, 0) is 21.4 Å². The number of carbonyl (C=O) groups is 1. The van der Waals surface area contributed by atoms with Crippen LogP contribution in [0.25, 0.3) is 0 Å². The number of sulfonamides is 1. The van der Waals surface area contributed by atoms with Crippen molar-refractivity contribution in [3.8, 4) is 5.75 Å². The Hall–Kier alpha value is -2.68. The fourth-order valence-corrected chi connectivity index (χ4v) is 4.98. The van der Waals surface area contributed by atoms with Crippen molar-refractivity contribution in [1.82, 2.24) is 9.62 Å². The first kappa shape index (κ1) is 24.0. The molecule has 8 heteroatoms. The van der Waals surface area contributed by atoms with E-state index in [9.17, 15) is 13.2 Å². The summed E-state index contributed by atoms with van der Waals surface area (Å²) < 4.78 is 34.1. The maximum atomic E-state index is 13.3. The molecule has 168 valence electrons. The summed E-state index contributed by atoms with van der Waals surface area (Å²) >= 11 is 3.38. The highest BCUT2D eigenvalue weighted by Gasteiger charge is 2.27. The maximum absolute atomic E-state index is 13.3. The molecular weight excluding hydrogens is 492 g/mol. The van der Waals surface area contributed by atoms with Crippen LogP contribution in [-0.4, -0.2) is 32.3 Å². The predicted molar refractivity (Wildman–Crippen MR) is 128 cm³/mol. The molecule has 32 heavy (non-hydrogen) atoms. The van der Waals surface area contributed by atoms with Crippen molar-refractivity contribution in [2.24, 2.45) is 0 Å². The van der Waals surface area contributed by atoms with Crippen LogP contribution in [0.15, 0.2) is 88.2 Å². The van der Waals surface area contributed by atoms with E-state index in [1.54, 1.807) is 25.3 Å². The van der Waals surface area contributed by atoms with Gasteiger partial charge in [0, 0.05) is 16.6 Å². The van der Waals surface area contributed by atoms with Gasteiger partial charge in [0.15, 0.2) is 0 Å². The van der Waals surface area contributed by atoms with E-state index in [1.807, 2.05) is 55.5 Å². The molecule has 3 aromatic carbocycles. The van der Waals surface area contributed by atoms with Crippen molar-refractivity contribution >= 4 is 31.9 Å². The van der Waals surface area contributed by atoms with E-state index >= 15 is 0 Å². The predicted octanol–water partition coefficient (Wildman–Crippen LogP) is 4.53. The van der Waals surface area contributed by atoms with Crippen LogP contribution >= 0.6 is 15.9 Å². The van der Waals surface area contributed by atoms with Gasteiger partial charge in [-0.3, -0.25) is 4.79 Å². The fourth-order valence-electron chi connectivity index (χ4n) is 3.31. The summed E-state index contributed by atoms with van der Waals surface area (Å²) in [6.45, 7) is 1.59. The van der Waals surface area contributed by atoms with E-state index in [-0.39, 0.29) is 24.0 Å². The van der Waals surface area contributed by atoms with Crippen molar-refractivity contribution in [3.63, 3.8) is 0 Å². The fraction of sp³-hybridized carbons (Fsp3) is 0.208. The number of ether oxygens (including phenoxy) is 1. The Bertz CT molecular complexity index is 1150. The van der Waals surface area contributed by atoms with Gasteiger partial charge in [-0.2, -0.15) is 4.31 Å². The van der Waals surface area contributed by atoms with Crippen LogP contribution in [0.4, 0.5) is 0 Å². The first-order chi connectivity index (χ1) is 15.3. The van der Waals surface area contributed by atoms with E-state index in [1.165, 1.54) is 16.4 Å². The zero-order chi connectivity index (χ0) is 23.1. The van der Waals surface area contributed by atoms with Gasteiger partial charge in [-0.25, -0.2) is 8.42 Å². The Kier molecular flexibility index (Phi) is 8.06. The molecule has 1 N–H and O–H groups in total. The van der Waals surface area contributed by atoms with E-state index in [0.29, 0.717) is 5.75 Å². The van der Waals surface area contributed by atoms with Crippen LogP contribution < -0.4 is 10.1 Å². The summed E-state index contributed by atoms with van der Waals surface area (Å²) in [7, 11) is -2.31. The van der Waals surface area contributed by atoms with Crippen LogP contribution in [0.2, 0.25) is 0 Å². The quantitative estimate of drug-likeness (QED) is 0.453. The van der Waals surface area contributed by atoms with Gasteiger partial charge >= 0.3 is 0 Å². The third kappa shape index (κ3) is 5.97. The van der Waals surface area contributed by atoms with Gasteiger partial charge in [0.25, 0.3) is 0 Å². The zero-order valence-electron chi connectivity index (χ0n) is 17.9. The molecular formula is C24H25BrN2O4S. The first-order valence-electron chi connectivity index (χ1n) is 10.0. The van der Waals surface area contributed by atoms with Crippen molar-refractivity contribution in [3.05, 3.63) is 94.5 Å². The molecule has 0 aliphatic heterocycles. The highest BCUT2D eigenvalue weighted by molar-refractivity contribution is 9.10. The van der Waals surface area contributed by atoms with Gasteiger partial charge in [0.1, 0.15) is 5.75 Å². The average Bonchev–Trinajstić information content (AvgIpc) is 2.80. The van der Waals surface area contributed by atoms with E-state index in [0.717, 1.165) is 15.6 Å². The molecule has 0 aliphatic carbocycles. The van der Waals surface area contributed by atoms with Crippen LogP contribution in [0.3, 0.4) is 0 Å². The van der Waals surface area contributed by atoms with Gasteiger partial charge in [-0.05, 0) is 42.8 Å². The Morgan fingerprint density at radius 1 is 1.00 bits per heavy atom. The Morgan fingerprint density at radius 3 is 2.28 bits per heavy atom. The summed E-state index contributed by atoms with van der Waals surface area (Å²) in [5.74, 6) is 0.254. The number of nitrogens with one attached hydrogen (secondary N) is 1. The molecule has 3 aromatic rings. The Balaban J connectivity index is 1.83. The molecule has 0 unspecified atom stereocenters. The van der Waals surface area contributed by atoms with E-state index < -0.39 is 15.9 Å². The summed E-state index contributed by atoms with van der Waals surface area (Å²) in [6.07, 6.45) is 0. The second-order valence-corrected chi connectivity index (χ2v) is 10.1. The molecule has 0 fully saturated rings. The number of methoxy groups -OCH3 is 1. The minimum absolute atomic E-state index is 0.0704. The highest BCUT2D eigenvalue weighted by atomic mass is 79.9. The molecule has 0 heterocycles. The minimum Gasteiger partial charge on any atom is -0.496 e. The second kappa shape index (κ2) is 10.8. The molecule has 0 aromatic heterocycles. The molecule has 1 amide bonds. The van der Waals surface area contributed by atoms with E-state index in [2.05, 4.69) is 21.2 Å². The molecule has 1 atom stereocenters. The normalized spacial score (nSPS) is 12.4. The lowest BCUT2D eigenvalue weighted by Gasteiger charge is -2.24. The topological polar surface area (TPSA) is 75.7 Å². The second-order valence-electron chi connectivity index (χ2n) is 7.24. The molecule has 0 aliphatic rings. The van der Waals surface area contributed by atoms with Gasteiger partial charge in [-0.1, -0.05) is 64.5 Å². The standard InChI is InChI=1S/C24H25BrN2O4S/c1-18(22-10-6-7-11-23(22)31-2)26-24(28)17-27(16-19-12-14-20(25)15-13-19)32(29,30)21-8-4-3-5-9-21/h3-15,18H,16-17H2,1-2H3,(H,26,28)/t18-/m1/s1. The van der Waals surface area contributed by atoms with Crippen molar-refractivity contribution in [2.45, 2.75) is 24.4 Å². The van der Waals surface area contributed by atoms with Crippen LogP contribution in [0.5, 0.6) is 5.75 Å². The maximum Gasteiger partial charge on any atom is 0.243 e. The van der Waals surface area contributed by atoms with Gasteiger partial charge in [0.2, 0.25) is 15.9 Å².